The number of aromatic nitrogens is 1. The Hall–Kier alpha value is -1.56. The highest BCUT2D eigenvalue weighted by Crippen LogP contribution is 2.30. The molecule has 0 bridgehead atoms. The van der Waals surface area contributed by atoms with Crippen molar-refractivity contribution < 1.29 is 4.79 Å². The van der Waals surface area contributed by atoms with Gasteiger partial charge in [-0.1, -0.05) is 48.1 Å². The molecule has 0 unspecified atom stereocenters. The van der Waals surface area contributed by atoms with Gasteiger partial charge in [0.2, 0.25) is 5.91 Å². The standard InChI is InChI=1S/C17H15ClN2OS2/c1-2-22-12-8-6-11(7-9-12)10-15(21)19-17-20-16-13(18)4-3-5-14(16)23-17/h3-9H,2,10H2,1H3,(H,19,20,21). The number of benzene rings is 2. The summed E-state index contributed by atoms with van der Waals surface area (Å²) < 4.78 is 0.966. The lowest BCUT2D eigenvalue weighted by Crippen LogP contribution is -2.14. The molecule has 1 aromatic heterocycles. The molecule has 1 amide bonds. The zero-order chi connectivity index (χ0) is 16.2. The number of para-hydroxylation sites is 1. The average molecular weight is 363 g/mol. The third-order valence-corrected chi connectivity index (χ3v) is 5.35. The summed E-state index contributed by atoms with van der Waals surface area (Å²) in [5, 5.41) is 4.03. The maximum Gasteiger partial charge on any atom is 0.230 e. The molecule has 0 atom stereocenters. The highest BCUT2D eigenvalue weighted by Gasteiger charge is 2.10. The molecular weight excluding hydrogens is 348 g/mol. The van der Waals surface area contributed by atoms with E-state index in [2.05, 4.69) is 17.2 Å². The van der Waals surface area contributed by atoms with Crippen molar-refractivity contribution in [2.75, 3.05) is 11.1 Å². The van der Waals surface area contributed by atoms with Crippen molar-refractivity contribution >= 4 is 56.0 Å². The summed E-state index contributed by atoms with van der Waals surface area (Å²) in [5.41, 5.74) is 1.72. The normalized spacial score (nSPS) is 10.9. The van der Waals surface area contributed by atoms with E-state index in [1.807, 2.05) is 36.4 Å². The number of hydrogen-bond donors (Lipinski definition) is 1. The van der Waals surface area contributed by atoms with Gasteiger partial charge in [0.25, 0.3) is 0 Å². The molecule has 0 fully saturated rings. The van der Waals surface area contributed by atoms with Crippen LogP contribution in [-0.4, -0.2) is 16.6 Å². The van der Waals surface area contributed by atoms with Crippen LogP contribution in [0.1, 0.15) is 12.5 Å². The molecule has 3 rings (SSSR count). The number of halogens is 1. The molecule has 1 heterocycles. The fourth-order valence-electron chi connectivity index (χ4n) is 2.19. The number of thiazole rings is 1. The number of hydrogen-bond acceptors (Lipinski definition) is 4. The van der Waals surface area contributed by atoms with Gasteiger partial charge in [-0.25, -0.2) is 4.98 Å². The van der Waals surface area contributed by atoms with Gasteiger partial charge in [-0.3, -0.25) is 4.79 Å². The lowest BCUT2D eigenvalue weighted by Gasteiger charge is -2.03. The molecule has 0 aliphatic carbocycles. The van der Waals surface area contributed by atoms with Crippen molar-refractivity contribution in [2.24, 2.45) is 0 Å². The summed E-state index contributed by atoms with van der Waals surface area (Å²) in [6, 6.07) is 13.7. The Kier molecular flexibility index (Phi) is 5.20. The molecule has 0 spiro atoms. The number of nitrogens with one attached hydrogen (secondary N) is 1. The van der Waals surface area contributed by atoms with Gasteiger partial charge in [0.05, 0.1) is 16.1 Å². The Morgan fingerprint density at radius 2 is 2.04 bits per heavy atom. The Morgan fingerprint density at radius 3 is 2.74 bits per heavy atom. The Bertz CT molecular complexity index is 830. The molecule has 0 radical (unpaired) electrons. The van der Waals surface area contributed by atoms with Crippen LogP contribution in [0.5, 0.6) is 0 Å². The van der Waals surface area contributed by atoms with E-state index < -0.39 is 0 Å². The molecule has 2 aromatic carbocycles. The van der Waals surface area contributed by atoms with Gasteiger partial charge in [0, 0.05) is 4.90 Å². The smallest absolute Gasteiger partial charge is 0.230 e. The number of thioether (sulfide) groups is 1. The van der Waals surface area contributed by atoms with E-state index in [9.17, 15) is 4.79 Å². The van der Waals surface area contributed by atoms with Crippen LogP contribution in [0.3, 0.4) is 0 Å². The van der Waals surface area contributed by atoms with Gasteiger partial charge in [0.15, 0.2) is 5.13 Å². The van der Waals surface area contributed by atoms with E-state index in [1.165, 1.54) is 16.2 Å². The number of carbonyl (C=O) groups excluding carboxylic acids is 1. The molecule has 0 aliphatic rings. The van der Waals surface area contributed by atoms with Crippen LogP contribution in [0.25, 0.3) is 10.2 Å². The second kappa shape index (κ2) is 7.34. The van der Waals surface area contributed by atoms with Crippen LogP contribution in [0.4, 0.5) is 5.13 Å². The lowest BCUT2D eigenvalue weighted by molar-refractivity contribution is -0.115. The first-order valence-corrected chi connectivity index (χ1v) is 9.40. The van der Waals surface area contributed by atoms with Crippen LogP contribution in [0, 0.1) is 0 Å². The van der Waals surface area contributed by atoms with Crippen molar-refractivity contribution in [1.82, 2.24) is 4.98 Å². The highest BCUT2D eigenvalue weighted by atomic mass is 35.5. The number of rotatable bonds is 5. The molecule has 23 heavy (non-hydrogen) atoms. The molecule has 0 saturated carbocycles. The molecule has 1 N–H and O–H groups in total. The minimum Gasteiger partial charge on any atom is -0.302 e. The Morgan fingerprint density at radius 1 is 1.26 bits per heavy atom. The topological polar surface area (TPSA) is 42.0 Å². The zero-order valence-electron chi connectivity index (χ0n) is 12.5. The van der Waals surface area contributed by atoms with E-state index in [-0.39, 0.29) is 5.91 Å². The first kappa shape index (κ1) is 16.3. The SMILES string of the molecule is CCSc1ccc(CC(=O)Nc2nc3c(Cl)cccc3s2)cc1. The largest absolute Gasteiger partial charge is 0.302 e. The van der Waals surface area contributed by atoms with Crippen molar-refractivity contribution in [2.45, 2.75) is 18.2 Å². The second-order valence-corrected chi connectivity index (χ2v) is 7.68. The number of amides is 1. The Balaban J connectivity index is 1.67. The van der Waals surface area contributed by atoms with E-state index in [0.717, 1.165) is 21.5 Å². The van der Waals surface area contributed by atoms with Crippen LogP contribution >= 0.6 is 34.7 Å². The van der Waals surface area contributed by atoms with Crippen molar-refractivity contribution in [3.8, 4) is 0 Å². The maximum atomic E-state index is 12.2. The predicted octanol–water partition coefficient (Wildman–Crippen LogP) is 5.24. The molecule has 6 heteroatoms. The van der Waals surface area contributed by atoms with E-state index in [0.29, 0.717) is 16.6 Å². The van der Waals surface area contributed by atoms with Crippen LogP contribution < -0.4 is 5.32 Å². The van der Waals surface area contributed by atoms with Crippen LogP contribution in [-0.2, 0) is 11.2 Å². The zero-order valence-corrected chi connectivity index (χ0v) is 14.9. The second-order valence-electron chi connectivity index (χ2n) is 4.91. The van der Waals surface area contributed by atoms with Gasteiger partial charge in [-0.05, 0) is 35.6 Å². The molecule has 3 nitrogen and oxygen atoms in total. The van der Waals surface area contributed by atoms with Gasteiger partial charge in [-0.15, -0.1) is 11.8 Å². The van der Waals surface area contributed by atoms with Gasteiger partial charge in [-0.2, -0.15) is 0 Å². The first-order chi connectivity index (χ1) is 11.2. The van der Waals surface area contributed by atoms with E-state index in [4.69, 9.17) is 11.6 Å². The molecule has 118 valence electrons. The molecular formula is C17H15ClN2OS2. The van der Waals surface area contributed by atoms with Crippen LogP contribution in [0.15, 0.2) is 47.4 Å². The van der Waals surface area contributed by atoms with E-state index in [1.54, 1.807) is 17.8 Å². The fourth-order valence-corrected chi connectivity index (χ4v) is 4.03. The number of nitrogens with zero attached hydrogens (tertiary/aromatic N) is 1. The minimum absolute atomic E-state index is 0.0731. The Labute approximate surface area is 148 Å². The number of fused-ring (bicyclic) bond motifs is 1. The van der Waals surface area contributed by atoms with Crippen molar-refractivity contribution in [3.63, 3.8) is 0 Å². The predicted molar refractivity (Wildman–Crippen MR) is 99.8 cm³/mol. The first-order valence-electron chi connectivity index (χ1n) is 7.22. The molecule has 0 aliphatic heterocycles. The summed E-state index contributed by atoms with van der Waals surface area (Å²) >= 11 is 9.32. The summed E-state index contributed by atoms with van der Waals surface area (Å²) in [7, 11) is 0. The monoisotopic (exact) mass is 362 g/mol. The summed E-state index contributed by atoms with van der Waals surface area (Å²) in [5.74, 6) is 0.969. The van der Waals surface area contributed by atoms with Gasteiger partial charge < -0.3 is 5.32 Å². The third kappa shape index (κ3) is 4.05. The average Bonchev–Trinajstić information content (AvgIpc) is 2.93. The summed E-state index contributed by atoms with van der Waals surface area (Å²) in [6.45, 7) is 2.12. The minimum atomic E-state index is -0.0731. The number of anilines is 1. The summed E-state index contributed by atoms with van der Waals surface area (Å²) in [6.07, 6.45) is 0.334. The third-order valence-electron chi connectivity index (χ3n) is 3.22. The highest BCUT2D eigenvalue weighted by molar-refractivity contribution is 7.99. The maximum absolute atomic E-state index is 12.2. The summed E-state index contributed by atoms with van der Waals surface area (Å²) in [4.78, 5) is 17.8. The van der Waals surface area contributed by atoms with Crippen molar-refractivity contribution in [1.29, 1.82) is 0 Å². The molecule has 0 saturated heterocycles. The van der Waals surface area contributed by atoms with Gasteiger partial charge >= 0.3 is 0 Å². The quantitative estimate of drug-likeness (QED) is 0.631. The van der Waals surface area contributed by atoms with Crippen LogP contribution in [0.2, 0.25) is 5.02 Å². The van der Waals surface area contributed by atoms with Gasteiger partial charge in [0.1, 0.15) is 5.52 Å². The lowest BCUT2D eigenvalue weighted by atomic mass is 10.1. The van der Waals surface area contributed by atoms with Crippen molar-refractivity contribution in [3.05, 3.63) is 53.1 Å². The van der Waals surface area contributed by atoms with E-state index >= 15 is 0 Å². The molecule has 3 aromatic rings. The fraction of sp³-hybridized carbons (Fsp3) is 0.176. The number of carbonyl (C=O) groups is 1.